The van der Waals surface area contributed by atoms with Gasteiger partial charge in [-0.05, 0) is 12.1 Å². The van der Waals surface area contributed by atoms with Gasteiger partial charge in [0.1, 0.15) is 12.4 Å². The Hall–Kier alpha value is -2.61. The number of anilines is 1. The van der Waals surface area contributed by atoms with Crippen LogP contribution in [0, 0.1) is 0 Å². The van der Waals surface area contributed by atoms with Gasteiger partial charge in [-0.1, -0.05) is 20.8 Å². The molecule has 142 valence electrons. The smallest absolute Gasteiger partial charge is 0.290 e. The van der Waals surface area contributed by atoms with Crippen LogP contribution in [-0.2, 0) is 22.0 Å². The fraction of sp³-hybridized carbons (Fsp3) is 0.500. The van der Waals surface area contributed by atoms with Gasteiger partial charge in [0.05, 0.1) is 18.6 Å². The molecule has 1 N–H and O–H groups in total. The molecule has 0 aliphatic carbocycles. The van der Waals surface area contributed by atoms with Gasteiger partial charge in [0.2, 0.25) is 5.91 Å². The second-order valence-corrected chi connectivity index (χ2v) is 7.03. The van der Waals surface area contributed by atoms with Gasteiger partial charge >= 0.3 is 0 Å². The lowest BCUT2D eigenvalue weighted by Crippen LogP contribution is -2.40. The van der Waals surface area contributed by atoms with Crippen LogP contribution >= 0.6 is 0 Å². The van der Waals surface area contributed by atoms with Crippen LogP contribution in [0.2, 0.25) is 0 Å². The molecule has 2 amide bonds. The van der Waals surface area contributed by atoms with E-state index in [4.69, 9.17) is 9.15 Å². The van der Waals surface area contributed by atoms with Gasteiger partial charge in [-0.2, -0.15) is 5.10 Å². The number of carbonyl (C=O) groups excluding carboxylic acids is 2. The van der Waals surface area contributed by atoms with Gasteiger partial charge in [-0.15, -0.1) is 0 Å². The maximum Gasteiger partial charge on any atom is 0.290 e. The van der Waals surface area contributed by atoms with Crippen LogP contribution in [0.4, 0.5) is 5.82 Å². The zero-order valence-electron chi connectivity index (χ0n) is 15.9. The largest absolute Gasteiger partial charge is 0.459 e. The molecule has 0 saturated carbocycles. The Balaban J connectivity index is 2.07. The maximum absolute atomic E-state index is 12.5. The van der Waals surface area contributed by atoms with E-state index in [0.717, 1.165) is 5.69 Å². The summed E-state index contributed by atoms with van der Waals surface area (Å²) in [6.07, 6.45) is 1.42. The Morgan fingerprint density at radius 1 is 1.38 bits per heavy atom. The predicted octanol–water partition coefficient (Wildman–Crippen LogP) is 2.04. The van der Waals surface area contributed by atoms with Crippen molar-refractivity contribution in [2.24, 2.45) is 7.05 Å². The minimum atomic E-state index is -0.359. The minimum Gasteiger partial charge on any atom is -0.459 e. The molecule has 2 heterocycles. The number of furan rings is 1. The van der Waals surface area contributed by atoms with E-state index in [-0.39, 0.29) is 36.1 Å². The summed E-state index contributed by atoms with van der Waals surface area (Å²) in [5.41, 5.74) is 0.749. The first-order chi connectivity index (χ1) is 12.2. The monoisotopic (exact) mass is 362 g/mol. The number of nitrogens with one attached hydrogen (secondary N) is 1. The van der Waals surface area contributed by atoms with Crippen molar-refractivity contribution < 1.29 is 18.7 Å². The van der Waals surface area contributed by atoms with Crippen LogP contribution in [0.25, 0.3) is 0 Å². The number of methoxy groups -OCH3 is 1. The molecule has 0 fully saturated rings. The Labute approximate surface area is 153 Å². The zero-order chi connectivity index (χ0) is 19.3. The van der Waals surface area contributed by atoms with Crippen LogP contribution in [0.5, 0.6) is 0 Å². The molecule has 0 radical (unpaired) electrons. The number of aryl methyl sites for hydroxylation is 1. The average molecular weight is 362 g/mol. The minimum absolute atomic E-state index is 0.112. The van der Waals surface area contributed by atoms with Crippen molar-refractivity contribution in [1.29, 1.82) is 0 Å². The molecule has 0 spiro atoms. The molecule has 8 nitrogen and oxygen atoms in total. The Kier molecular flexibility index (Phi) is 6.20. The summed E-state index contributed by atoms with van der Waals surface area (Å²) < 4.78 is 11.8. The first-order valence-electron chi connectivity index (χ1n) is 8.38. The summed E-state index contributed by atoms with van der Waals surface area (Å²) in [5, 5.41) is 7.23. The van der Waals surface area contributed by atoms with E-state index in [9.17, 15) is 9.59 Å². The highest BCUT2D eigenvalue weighted by molar-refractivity contribution is 5.97. The lowest BCUT2D eigenvalue weighted by molar-refractivity contribution is -0.117. The highest BCUT2D eigenvalue weighted by Crippen LogP contribution is 2.23. The van der Waals surface area contributed by atoms with Crippen molar-refractivity contribution in [3.8, 4) is 0 Å². The van der Waals surface area contributed by atoms with E-state index in [1.165, 1.54) is 11.2 Å². The number of amides is 2. The first-order valence-corrected chi connectivity index (χ1v) is 8.38. The van der Waals surface area contributed by atoms with Gasteiger partial charge in [0, 0.05) is 32.2 Å². The first kappa shape index (κ1) is 19.7. The fourth-order valence-corrected chi connectivity index (χ4v) is 2.32. The van der Waals surface area contributed by atoms with E-state index in [0.29, 0.717) is 12.4 Å². The lowest BCUT2D eigenvalue weighted by atomic mass is 9.92. The van der Waals surface area contributed by atoms with Gasteiger partial charge < -0.3 is 19.4 Å². The lowest BCUT2D eigenvalue weighted by Gasteiger charge is -2.20. The van der Waals surface area contributed by atoms with Gasteiger partial charge in [-0.3, -0.25) is 14.3 Å². The van der Waals surface area contributed by atoms with Gasteiger partial charge in [0.25, 0.3) is 5.91 Å². The van der Waals surface area contributed by atoms with Crippen LogP contribution in [0.3, 0.4) is 0 Å². The van der Waals surface area contributed by atoms with Crippen LogP contribution < -0.4 is 5.32 Å². The molecule has 2 aromatic rings. The fourth-order valence-electron chi connectivity index (χ4n) is 2.32. The highest BCUT2D eigenvalue weighted by Gasteiger charge is 2.23. The number of rotatable bonds is 7. The standard InChI is InChI=1S/C18H26N4O4/c1-18(2,3)14-11-15(21(4)20-14)19-16(23)12-22(8-10-25-5)17(24)13-7-6-9-26-13/h6-7,9,11H,8,10,12H2,1-5H3,(H,19,23). The van der Waals surface area contributed by atoms with Crippen molar-refractivity contribution in [2.75, 3.05) is 32.1 Å². The third-order valence-corrected chi connectivity index (χ3v) is 3.83. The number of ether oxygens (including phenoxy) is 1. The average Bonchev–Trinajstić information content (AvgIpc) is 3.21. The van der Waals surface area contributed by atoms with E-state index >= 15 is 0 Å². The molecule has 0 aromatic carbocycles. The van der Waals surface area contributed by atoms with E-state index in [1.54, 1.807) is 31.0 Å². The molecule has 26 heavy (non-hydrogen) atoms. The maximum atomic E-state index is 12.5. The summed E-state index contributed by atoms with van der Waals surface area (Å²) in [5.74, 6) is 0.0913. The van der Waals surface area contributed by atoms with Crippen molar-refractivity contribution >= 4 is 17.6 Å². The zero-order valence-corrected chi connectivity index (χ0v) is 15.9. The summed E-state index contributed by atoms with van der Waals surface area (Å²) in [4.78, 5) is 26.3. The van der Waals surface area contributed by atoms with Crippen LogP contribution in [0.15, 0.2) is 28.9 Å². The molecule has 2 aromatic heterocycles. The topological polar surface area (TPSA) is 89.6 Å². The third-order valence-electron chi connectivity index (χ3n) is 3.83. The number of hydrogen-bond donors (Lipinski definition) is 1. The quantitative estimate of drug-likeness (QED) is 0.814. The molecule has 0 unspecified atom stereocenters. The second kappa shape index (κ2) is 8.18. The van der Waals surface area contributed by atoms with Crippen molar-refractivity contribution in [3.05, 3.63) is 35.9 Å². The summed E-state index contributed by atoms with van der Waals surface area (Å²) in [6.45, 7) is 6.64. The Bertz CT molecular complexity index is 744. The Morgan fingerprint density at radius 2 is 2.12 bits per heavy atom. The van der Waals surface area contributed by atoms with Crippen LogP contribution in [0.1, 0.15) is 37.0 Å². The molecular weight excluding hydrogens is 336 g/mol. The second-order valence-electron chi connectivity index (χ2n) is 7.03. The van der Waals surface area contributed by atoms with Crippen molar-refractivity contribution in [2.45, 2.75) is 26.2 Å². The number of carbonyl (C=O) groups is 2. The predicted molar refractivity (Wildman–Crippen MR) is 97.0 cm³/mol. The van der Waals surface area contributed by atoms with Gasteiger partial charge in [0.15, 0.2) is 5.76 Å². The van der Waals surface area contributed by atoms with Gasteiger partial charge in [-0.25, -0.2) is 0 Å². The molecule has 0 aliphatic rings. The third kappa shape index (κ3) is 4.95. The van der Waals surface area contributed by atoms with Crippen LogP contribution in [-0.4, -0.2) is 53.3 Å². The van der Waals surface area contributed by atoms with E-state index in [1.807, 2.05) is 6.07 Å². The SMILES string of the molecule is COCCN(CC(=O)Nc1cc(C(C)(C)C)nn1C)C(=O)c1ccco1. The number of hydrogen-bond acceptors (Lipinski definition) is 5. The Morgan fingerprint density at radius 3 is 2.65 bits per heavy atom. The van der Waals surface area contributed by atoms with Crippen molar-refractivity contribution in [1.82, 2.24) is 14.7 Å². The normalized spacial score (nSPS) is 11.4. The van der Waals surface area contributed by atoms with E-state index < -0.39 is 0 Å². The summed E-state index contributed by atoms with van der Waals surface area (Å²) in [7, 11) is 3.31. The molecule has 0 bridgehead atoms. The van der Waals surface area contributed by atoms with Crippen molar-refractivity contribution in [3.63, 3.8) is 0 Å². The number of aromatic nitrogens is 2. The summed E-state index contributed by atoms with van der Waals surface area (Å²) >= 11 is 0. The molecule has 8 heteroatoms. The molecule has 2 rings (SSSR count). The molecule has 0 atom stereocenters. The molecular formula is C18H26N4O4. The highest BCUT2D eigenvalue weighted by atomic mass is 16.5. The molecule has 0 saturated heterocycles. The summed E-state index contributed by atoms with van der Waals surface area (Å²) in [6, 6.07) is 5.04. The van der Waals surface area contributed by atoms with E-state index in [2.05, 4.69) is 31.2 Å². The molecule has 0 aliphatic heterocycles. The number of nitrogens with zero attached hydrogens (tertiary/aromatic N) is 3.